The van der Waals surface area contributed by atoms with Gasteiger partial charge in [-0.15, -0.1) is 0 Å². The van der Waals surface area contributed by atoms with Gasteiger partial charge in [-0.1, -0.05) is 41.5 Å². The summed E-state index contributed by atoms with van der Waals surface area (Å²) in [5, 5.41) is -0.120. The van der Waals surface area contributed by atoms with E-state index in [9.17, 15) is 9.59 Å². The number of methoxy groups -OCH3 is 1. The first-order chi connectivity index (χ1) is 14.7. The molecule has 7 nitrogen and oxygen atoms in total. The number of carbonyl (C=O) groups is 2. The van der Waals surface area contributed by atoms with E-state index in [-0.39, 0.29) is 15.9 Å². The predicted molar refractivity (Wildman–Crippen MR) is 135 cm³/mol. The van der Waals surface area contributed by atoms with Crippen LogP contribution in [-0.4, -0.2) is 66.2 Å². The second kappa shape index (κ2) is 10.6. The molecule has 1 rings (SSSR count). The van der Waals surface area contributed by atoms with Crippen LogP contribution in [0.25, 0.3) is 0 Å². The Morgan fingerprint density at radius 2 is 1.27 bits per heavy atom. The Morgan fingerprint density at radius 1 is 0.848 bits per heavy atom. The van der Waals surface area contributed by atoms with Gasteiger partial charge in [0.2, 0.25) is 0 Å². The van der Waals surface area contributed by atoms with Crippen LogP contribution in [0.3, 0.4) is 0 Å². The van der Waals surface area contributed by atoms with Gasteiger partial charge < -0.3 is 23.1 Å². The highest BCUT2D eigenvalue weighted by Gasteiger charge is 2.54. The summed E-state index contributed by atoms with van der Waals surface area (Å²) in [5.74, 6) is -1.67. The average molecular weight is 505 g/mol. The lowest BCUT2D eigenvalue weighted by molar-refractivity contribution is -0.283. The molecule has 0 aromatic heterocycles. The van der Waals surface area contributed by atoms with E-state index in [1.54, 1.807) is 14.0 Å². The molecular weight excluding hydrogens is 456 g/mol. The number of hydrogen-bond donors (Lipinski definition) is 0. The number of carbonyl (C=O) groups excluding carboxylic acids is 2. The predicted octanol–water partition coefficient (Wildman–Crippen LogP) is 5.30. The van der Waals surface area contributed by atoms with Crippen molar-refractivity contribution in [1.29, 1.82) is 0 Å². The minimum Gasteiger partial charge on any atom is -0.456 e. The molecule has 0 aromatic rings. The van der Waals surface area contributed by atoms with Gasteiger partial charge in [0.25, 0.3) is 0 Å². The molecule has 9 heteroatoms. The maximum Gasteiger partial charge on any atom is 0.316 e. The Kier molecular flexibility index (Phi) is 9.76. The van der Waals surface area contributed by atoms with Crippen molar-refractivity contribution in [3.8, 4) is 0 Å². The second-order valence-corrected chi connectivity index (χ2v) is 21.9. The standard InChI is InChI=1S/C24H48O7Si2/c1-15(16(2)25)21(26)29-18-17(3)28-22(27-10)20(31-33(13,14)24(7,8)9)19(18)30-32(11,12)23(4,5)6/h15,17-20,22H,1-14H3/t15?,17?,18-,19?,20?,22+/m1/s1. The zero-order valence-corrected chi connectivity index (χ0v) is 25.3. The third kappa shape index (κ3) is 7.21. The van der Waals surface area contributed by atoms with Gasteiger partial charge in [-0.25, -0.2) is 0 Å². The molecule has 0 saturated carbocycles. The first-order valence-electron chi connectivity index (χ1n) is 11.9. The van der Waals surface area contributed by atoms with Gasteiger partial charge in [0, 0.05) is 7.11 Å². The highest BCUT2D eigenvalue weighted by atomic mass is 28.4. The van der Waals surface area contributed by atoms with Gasteiger partial charge in [0.05, 0.1) is 6.10 Å². The van der Waals surface area contributed by atoms with Crippen molar-refractivity contribution in [2.75, 3.05) is 7.11 Å². The van der Waals surface area contributed by atoms with Crippen molar-refractivity contribution in [2.24, 2.45) is 5.92 Å². The van der Waals surface area contributed by atoms with Crippen molar-refractivity contribution in [3.63, 3.8) is 0 Å². The molecule has 194 valence electrons. The van der Waals surface area contributed by atoms with Crippen LogP contribution in [0, 0.1) is 5.92 Å². The van der Waals surface area contributed by atoms with Gasteiger partial charge in [-0.2, -0.15) is 0 Å². The first kappa shape index (κ1) is 30.4. The van der Waals surface area contributed by atoms with Gasteiger partial charge in [-0.05, 0) is 57.0 Å². The number of hydrogen-bond acceptors (Lipinski definition) is 7. The quantitative estimate of drug-likeness (QED) is 0.252. The Hall–Kier alpha value is -0.586. The zero-order valence-electron chi connectivity index (χ0n) is 23.3. The van der Waals surface area contributed by atoms with Crippen LogP contribution in [0.4, 0.5) is 0 Å². The highest BCUT2D eigenvalue weighted by molar-refractivity contribution is 6.74. The molecule has 0 amide bonds. The SMILES string of the molecule is CO[C@H]1OC(C)[C@@H](OC(=O)C(C)C(C)=O)C(O[Si](C)(C)C(C)(C)C)C1O[Si](C)(C)C(C)(C)C. The normalized spacial score (nSPS) is 28.4. The van der Waals surface area contributed by atoms with Crippen molar-refractivity contribution in [3.05, 3.63) is 0 Å². The van der Waals surface area contributed by atoms with Crippen molar-refractivity contribution in [2.45, 2.75) is 129 Å². The van der Waals surface area contributed by atoms with E-state index in [1.165, 1.54) is 6.92 Å². The Bertz CT molecular complexity index is 694. The van der Waals surface area contributed by atoms with E-state index in [0.717, 1.165) is 0 Å². The highest BCUT2D eigenvalue weighted by Crippen LogP contribution is 2.43. The van der Waals surface area contributed by atoms with Crippen LogP contribution in [-0.2, 0) is 32.7 Å². The fraction of sp³-hybridized carbons (Fsp3) is 0.917. The topological polar surface area (TPSA) is 80.3 Å². The molecule has 0 spiro atoms. The van der Waals surface area contributed by atoms with Crippen molar-refractivity contribution in [1.82, 2.24) is 0 Å². The fourth-order valence-corrected chi connectivity index (χ4v) is 5.60. The molecule has 1 fully saturated rings. The van der Waals surface area contributed by atoms with Crippen LogP contribution in [0.5, 0.6) is 0 Å². The summed E-state index contributed by atoms with van der Waals surface area (Å²) in [6, 6.07) is 0. The Balaban J connectivity index is 3.51. The van der Waals surface area contributed by atoms with E-state index >= 15 is 0 Å². The second-order valence-electron chi connectivity index (χ2n) is 12.4. The minimum absolute atomic E-state index is 0.0504. The summed E-state index contributed by atoms with van der Waals surface area (Å²) in [6.45, 7) is 26.5. The maximum atomic E-state index is 12.8. The van der Waals surface area contributed by atoms with Crippen LogP contribution in [0.15, 0.2) is 0 Å². The minimum atomic E-state index is -2.30. The summed E-state index contributed by atoms with van der Waals surface area (Å²) >= 11 is 0. The first-order valence-corrected chi connectivity index (χ1v) is 17.7. The number of Topliss-reactive ketones (excluding diaryl/α,β-unsaturated/α-hetero) is 1. The molecule has 0 N–H and O–H groups in total. The third-order valence-corrected chi connectivity index (χ3v) is 16.6. The Labute approximate surface area is 203 Å². The summed E-state index contributed by atoms with van der Waals surface area (Å²) < 4.78 is 31.5. The summed E-state index contributed by atoms with van der Waals surface area (Å²) in [6.07, 6.45) is -3.05. The van der Waals surface area contributed by atoms with Gasteiger partial charge in [0.1, 0.15) is 23.9 Å². The Morgan fingerprint density at radius 3 is 1.64 bits per heavy atom. The largest absolute Gasteiger partial charge is 0.456 e. The summed E-state index contributed by atoms with van der Waals surface area (Å²) in [7, 11) is -2.98. The fourth-order valence-electron chi connectivity index (χ4n) is 3.02. The van der Waals surface area contributed by atoms with Crippen molar-refractivity contribution < 1.29 is 32.7 Å². The number of rotatable bonds is 8. The molecule has 1 heterocycles. The molecule has 4 unspecified atom stereocenters. The third-order valence-electron chi connectivity index (χ3n) is 7.65. The van der Waals surface area contributed by atoms with E-state index < -0.39 is 59.2 Å². The van der Waals surface area contributed by atoms with Crippen LogP contribution in [0.1, 0.15) is 62.3 Å². The molecule has 1 saturated heterocycles. The lowest BCUT2D eigenvalue weighted by Gasteiger charge is -2.51. The van der Waals surface area contributed by atoms with E-state index in [4.69, 9.17) is 23.1 Å². The number of ether oxygens (including phenoxy) is 3. The van der Waals surface area contributed by atoms with Crippen molar-refractivity contribution >= 4 is 28.4 Å². The molecule has 0 aliphatic carbocycles. The number of esters is 1. The molecule has 0 radical (unpaired) electrons. The van der Waals surface area contributed by atoms with E-state index in [1.807, 2.05) is 6.92 Å². The summed E-state index contributed by atoms with van der Waals surface area (Å²) in [5.41, 5.74) is 0. The molecule has 0 aromatic carbocycles. The van der Waals surface area contributed by atoms with Gasteiger partial charge in [-0.3, -0.25) is 9.59 Å². The van der Waals surface area contributed by atoms with Crippen LogP contribution in [0.2, 0.25) is 36.3 Å². The van der Waals surface area contributed by atoms with Crippen LogP contribution < -0.4 is 0 Å². The zero-order chi connectivity index (χ0) is 26.2. The number of ketones is 1. The molecule has 33 heavy (non-hydrogen) atoms. The molecule has 0 bridgehead atoms. The van der Waals surface area contributed by atoms with E-state index in [0.29, 0.717) is 0 Å². The monoisotopic (exact) mass is 504 g/mol. The smallest absolute Gasteiger partial charge is 0.316 e. The lowest BCUT2D eigenvalue weighted by atomic mass is 9.99. The van der Waals surface area contributed by atoms with E-state index in [2.05, 4.69) is 67.7 Å². The van der Waals surface area contributed by atoms with Crippen LogP contribution >= 0.6 is 0 Å². The van der Waals surface area contributed by atoms with Gasteiger partial charge in [0.15, 0.2) is 29.0 Å². The molecule has 1 aliphatic heterocycles. The summed E-state index contributed by atoms with van der Waals surface area (Å²) in [4.78, 5) is 24.6. The average Bonchev–Trinajstić information content (AvgIpc) is 2.63. The molecule has 1 aliphatic rings. The lowest BCUT2D eigenvalue weighted by Crippen LogP contribution is -2.65. The van der Waals surface area contributed by atoms with Gasteiger partial charge >= 0.3 is 5.97 Å². The molecular formula is C24H48O7Si2. The maximum absolute atomic E-state index is 12.8. The molecule has 6 atom stereocenters.